The van der Waals surface area contributed by atoms with Crippen molar-refractivity contribution in [3.05, 3.63) is 72.3 Å². The fraction of sp³-hybridized carbons (Fsp3) is 0.0952. The average Bonchev–Trinajstić information content (AvgIpc) is 3.11. The number of fused-ring (bicyclic) bond motifs is 1. The summed E-state index contributed by atoms with van der Waals surface area (Å²) in [7, 11) is -2.04. The number of sulfonamides is 1. The van der Waals surface area contributed by atoms with Crippen molar-refractivity contribution < 1.29 is 13.2 Å². The first-order valence-electron chi connectivity index (χ1n) is 8.68. The van der Waals surface area contributed by atoms with E-state index in [-0.39, 0.29) is 4.90 Å². The Morgan fingerprint density at radius 1 is 1.00 bits per heavy atom. The van der Waals surface area contributed by atoms with E-state index in [1.807, 2.05) is 31.2 Å². The smallest absolute Gasteiger partial charge is 0.261 e. The summed E-state index contributed by atoms with van der Waals surface area (Å²) in [4.78, 5) is 8.03. The molecule has 0 radical (unpaired) electrons. The van der Waals surface area contributed by atoms with Crippen LogP contribution in [0.2, 0.25) is 0 Å². The highest BCUT2D eigenvalue weighted by Gasteiger charge is 2.15. The average molecular weight is 393 g/mol. The van der Waals surface area contributed by atoms with Crippen LogP contribution in [0, 0.1) is 6.92 Å². The summed E-state index contributed by atoms with van der Waals surface area (Å²) in [6.45, 7) is 1.91. The van der Waals surface area contributed by atoms with Gasteiger partial charge in [-0.25, -0.2) is 13.4 Å². The number of hydrogen-bond acceptors (Lipinski definition) is 4. The van der Waals surface area contributed by atoms with E-state index in [0.29, 0.717) is 11.5 Å². The maximum Gasteiger partial charge on any atom is 0.261 e. The van der Waals surface area contributed by atoms with E-state index in [1.165, 1.54) is 0 Å². The van der Waals surface area contributed by atoms with Gasteiger partial charge < -0.3 is 9.72 Å². The lowest BCUT2D eigenvalue weighted by molar-refractivity contribution is 0.415. The molecule has 0 spiro atoms. The number of aromatic nitrogens is 2. The Labute approximate surface area is 163 Å². The molecule has 0 saturated carbocycles. The molecule has 4 aromatic rings. The highest BCUT2D eigenvalue weighted by Crippen LogP contribution is 2.26. The van der Waals surface area contributed by atoms with Crippen molar-refractivity contribution in [3.63, 3.8) is 0 Å². The Morgan fingerprint density at radius 3 is 2.54 bits per heavy atom. The molecule has 0 aliphatic carbocycles. The Balaban J connectivity index is 1.65. The number of nitrogens with one attached hydrogen (secondary N) is 2. The standard InChI is InChI=1S/C21H19N3O3S/c1-14-6-9-18(10-7-14)28(25,26)24-16-8-11-19-20(13-16)23-21(22-19)15-4-3-5-17(12-15)27-2/h3-13,24H,1-2H3,(H,22,23). The van der Waals surface area contributed by atoms with Crippen LogP contribution in [0.15, 0.2) is 71.6 Å². The Kier molecular flexibility index (Phi) is 4.52. The molecule has 6 nitrogen and oxygen atoms in total. The number of nitrogens with zero attached hydrogens (tertiary/aromatic N) is 1. The molecule has 7 heteroatoms. The maximum absolute atomic E-state index is 12.6. The first-order chi connectivity index (χ1) is 13.4. The first-order valence-corrected chi connectivity index (χ1v) is 10.2. The van der Waals surface area contributed by atoms with Crippen molar-refractivity contribution in [2.45, 2.75) is 11.8 Å². The van der Waals surface area contributed by atoms with Crippen LogP contribution in [0.1, 0.15) is 5.56 Å². The molecule has 0 atom stereocenters. The van der Waals surface area contributed by atoms with Crippen molar-refractivity contribution in [3.8, 4) is 17.1 Å². The second-order valence-electron chi connectivity index (χ2n) is 6.47. The third-order valence-electron chi connectivity index (χ3n) is 4.41. The number of imidazole rings is 1. The number of ether oxygens (including phenoxy) is 1. The van der Waals surface area contributed by atoms with Crippen LogP contribution in [0.4, 0.5) is 5.69 Å². The van der Waals surface area contributed by atoms with E-state index >= 15 is 0 Å². The molecule has 28 heavy (non-hydrogen) atoms. The Hall–Kier alpha value is -3.32. The molecular formula is C21H19N3O3S. The lowest BCUT2D eigenvalue weighted by Gasteiger charge is -2.08. The van der Waals surface area contributed by atoms with Crippen LogP contribution < -0.4 is 9.46 Å². The number of rotatable bonds is 5. The van der Waals surface area contributed by atoms with Crippen molar-refractivity contribution in [2.75, 3.05) is 11.8 Å². The fourth-order valence-electron chi connectivity index (χ4n) is 2.91. The van der Waals surface area contributed by atoms with Gasteiger partial charge in [0.1, 0.15) is 11.6 Å². The van der Waals surface area contributed by atoms with E-state index in [0.717, 1.165) is 27.9 Å². The molecule has 1 heterocycles. The Bertz CT molecular complexity index is 1250. The van der Waals surface area contributed by atoms with Gasteiger partial charge in [0.2, 0.25) is 0 Å². The van der Waals surface area contributed by atoms with Gasteiger partial charge in [-0.05, 0) is 49.4 Å². The largest absolute Gasteiger partial charge is 0.497 e. The summed E-state index contributed by atoms with van der Waals surface area (Å²) in [6.07, 6.45) is 0. The zero-order valence-corrected chi connectivity index (χ0v) is 16.2. The summed E-state index contributed by atoms with van der Waals surface area (Å²) in [5, 5.41) is 0. The van der Waals surface area contributed by atoms with E-state index < -0.39 is 10.0 Å². The summed E-state index contributed by atoms with van der Waals surface area (Å²) in [6, 6.07) is 19.5. The number of anilines is 1. The van der Waals surface area contributed by atoms with Crippen LogP contribution in [0.25, 0.3) is 22.4 Å². The third kappa shape index (κ3) is 3.57. The monoisotopic (exact) mass is 393 g/mol. The number of aromatic amines is 1. The van der Waals surface area contributed by atoms with Crippen molar-refractivity contribution in [1.82, 2.24) is 9.97 Å². The van der Waals surface area contributed by atoms with Crippen LogP contribution in [-0.4, -0.2) is 25.5 Å². The van der Waals surface area contributed by atoms with Gasteiger partial charge in [0, 0.05) is 5.56 Å². The number of hydrogen-bond donors (Lipinski definition) is 2. The number of benzene rings is 3. The van der Waals surface area contributed by atoms with Gasteiger partial charge >= 0.3 is 0 Å². The molecule has 0 unspecified atom stereocenters. The lowest BCUT2D eigenvalue weighted by Crippen LogP contribution is -2.12. The molecule has 3 aromatic carbocycles. The van der Waals surface area contributed by atoms with Gasteiger partial charge in [-0.15, -0.1) is 0 Å². The topological polar surface area (TPSA) is 84.1 Å². The minimum atomic E-state index is -3.65. The summed E-state index contributed by atoms with van der Waals surface area (Å²) in [5.41, 5.74) is 3.84. The first kappa shape index (κ1) is 18.1. The molecule has 1 aromatic heterocycles. The number of aryl methyl sites for hydroxylation is 1. The van der Waals surface area contributed by atoms with Crippen LogP contribution in [0.3, 0.4) is 0 Å². The minimum absolute atomic E-state index is 0.222. The van der Waals surface area contributed by atoms with Gasteiger partial charge in [-0.3, -0.25) is 4.72 Å². The molecule has 0 amide bonds. The normalized spacial score (nSPS) is 11.5. The second kappa shape index (κ2) is 7.01. The van der Waals surface area contributed by atoms with Gasteiger partial charge in [0.05, 0.1) is 28.7 Å². The van der Waals surface area contributed by atoms with E-state index in [4.69, 9.17) is 4.74 Å². The van der Waals surface area contributed by atoms with Gasteiger partial charge in [0.15, 0.2) is 0 Å². The lowest BCUT2D eigenvalue weighted by atomic mass is 10.2. The van der Waals surface area contributed by atoms with Crippen LogP contribution >= 0.6 is 0 Å². The predicted molar refractivity (Wildman–Crippen MR) is 110 cm³/mol. The molecule has 2 N–H and O–H groups in total. The maximum atomic E-state index is 12.6. The molecular weight excluding hydrogens is 374 g/mol. The summed E-state index contributed by atoms with van der Waals surface area (Å²) >= 11 is 0. The predicted octanol–water partition coefficient (Wildman–Crippen LogP) is 4.35. The van der Waals surface area contributed by atoms with Crippen molar-refractivity contribution in [1.29, 1.82) is 0 Å². The number of methoxy groups -OCH3 is 1. The van der Waals surface area contributed by atoms with Gasteiger partial charge in [-0.1, -0.05) is 29.8 Å². The highest BCUT2D eigenvalue weighted by molar-refractivity contribution is 7.92. The summed E-state index contributed by atoms with van der Waals surface area (Å²) < 4.78 is 33.1. The molecule has 0 aliphatic heterocycles. The molecule has 142 valence electrons. The molecule has 4 rings (SSSR count). The second-order valence-corrected chi connectivity index (χ2v) is 8.15. The quantitative estimate of drug-likeness (QED) is 0.528. The third-order valence-corrected chi connectivity index (χ3v) is 5.81. The van der Waals surface area contributed by atoms with Crippen molar-refractivity contribution >= 4 is 26.7 Å². The van der Waals surface area contributed by atoms with Gasteiger partial charge in [0.25, 0.3) is 10.0 Å². The zero-order valence-electron chi connectivity index (χ0n) is 15.4. The van der Waals surface area contributed by atoms with Gasteiger partial charge in [-0.2, -0.15) is 0 Å². The van der Waals surface area contributed by atoms with E-state index in [2.05, 4.69) is 14.7 Å². The Morgan fingerprint density at radius 2 is 1.79 bits per heavy atom. The number of H-pyrrole nitrogens is 1. The minimum Gasteiger partial charge on any atom is -0.497 e. The van der Waals surface area contributed by atoms with Crippen LogP contribution in [-0.2, 0) is 10.0 Å². The van der Waals surface area contributed by atoms with Crippen LogP contribution in [0.5, 0.6) is 5.75 Å². The zero-order chi connectivity index (χ0) is 19.7. The van der Waals surface area contributed by atoms with E-state index in [1.54, 1.807) is 49.6 Å². The molecule has 0 saturated heterocycles. The van der Waals surface area contributed by atoms with Crippen molar-refractivity contribution in [2.24, 2.45) is 0 Å². The van der Waals surface area contributed by atoms with E-state index in [9.17, 15) is 8.42 Å². The highest BCUT2D eigenvalue weighted by atomic mass is 32.2. The molecule has 0 aliphatic rings. The molecule has 0 bridgehead atoms. The fourth-order valence-corrected chi connectivity index (χ4v) is 3.96. The SMILES string of the molecule is COc1cccc(-c2nc3ccc(NS(=O)(=O)c4ccc(C)cc4)cc3[nH]2)c1. The summed E-state index contributed by atoms with van der Waals surface area (Å²) in [5.74, 6) is 1.43. The molecule has 0 fully saturated rings.